The van der Waals surface area contributed by atoms with Crippen molar-refractivity contribution in [3.63, 3.8) is 0 Å². The Bertz CT molecular complexity index is 524. The van der Waals surface area contributed by atoms with Crippen LogP contribution in [0, 0.1) is 5.92 Å². The molecule has 2 rings (SSSR count). The molecule has 0 heterocycles. The van der Waals surface area contributed by atoms with Crippen LogP contribution >= 0.6 is 0 Å². The van der Waals surface area contributed by atoms with E-state index < -0.39 is 11.7 Å². The fourth-order valence-corrected chi connectivity index (χ4v) is 2.39. The zero-order chi connectivity index (χ0) is 16.3. The summed E-state index contributed by atoms with van der Waals surface area (Å²) in [6, 6.07) is 5.02. The number of halogens is 3. The highest BCUT2D eigenvalue weighted by Gasteiger charge is 2.33. The number of carbonyl (C=O) groups excluding carboxylic acids is 1. The van der Waals surface area contributed by atoms with Crippen molar-refractivity contribution in [3.05, 3.63) is 29.8 Å². The lowest BCUT2D eigenvalue weighted by Gasteiger charge is -2.32. The average molecular weight is 314 g/mol. The first-order valence-electron chi connectivity index (χ1n) is 7.42. The fraction of sp³-hybridized carbons (Fsp3) is 0.562. The Morgan fingerprint density at radius 1 is 1.23 bits per heavy atom. The van der Waals surface area contributed by atoms with Crippen molar-refractivity contribution in [1.29, 1.82) is 0 Å². The number of amides is 1. The zero-order valence-corrected chi connectivity index (χ0v) is 12.9. The summed E-state index contributed by atoms with van der Waals surface area (Å²) in [5, 5.41) is 0. The number of hydrogen-bond donors (Lipinski definition) is 0. The number of benzene rings is 1. The van der Waals surface area contributed by atoms with E-state index >= 15 is 0 Å². The molecular formula is C16H21F3N2O. The van der Waals surface area contributed by atoms with Crippen molar-refractivity contribution in [1.82, 2.24) is 4.90 Å². The van der Waals surface area contributed by atoms with E-state index in [0.717, 1.165) is 31.4 Å². The van der Waals surface area contributed by atoms with Gasteiger partial charge in [0.2, 0.25) is 5.91 Å². The van der Waals surface area contributed by atoms with Crippen LogP contribution in [0.15, 0.2) is 24.3 Å². The van der Waals surface area contributed by atoms with Gasteiger partial charge in [-0.1, -0.05) is 12.5 Å². The lowest BCUT2D eigenvalue weighted by atomic mass is 9.84. The monoisotopic (exact) mass is 314 g/mol. The maximum atomic E-state index is 12.9. The van der Waals surface area contributed by atoms with Gasteiger partial charge in [-0.2, -0.15) is 13.2 Å². The predicted molar refractivity (Wildman–Crippen MR) is 79.7 cm³/mol. The smallest absolute Gasteiger partial charge is 0.311 e. The molecule has 1 aromatic carbocycles. The van der Waals surface area contributed by atoms with E-state index in [1.807, 2.05) is 19.0 Å². The van der Waals surface area contributed by atoms with Gasteiger partial charge in [-0.05, 0) is 45.1 Å². The van der Waals surface area contributed by atoms with Crippen LogP contribution in [-0.2, 0) is 11.0 Å². The van der Waals surface area contributed by atoms with E-state index in [4.69, 9.17) is 0 Å². The maximum absolute atomic E-state index is 12.9. The number of hydrogen-bond acceptors (Lipinski definition) is 2. The summed E-state index contributed by atoms with van der Waals surface area (Å²) in [7, 11) is 3.75. The molecule has 0 N–H and O–H groups in total. The highest BCUT2D eigenvalue weighted by molar-refractivity contribution is 5.95. The van der Waals surface area contributed by atoms with Crippen molar-refractivity contribution in [3.8, 4) is 0 Å². The third kappa shape index (κ3) is 4.00. The molecule has 0 unspecified atom stereocenters. The number of anilines is 1. The molecule has 3 nitrogen and oxygen atoms in total. The van der Waals surface area contributed by atoms with Gasteiger partial charge in [-0.25, -0.2) is 0 Å². The number of rotatable bonds is 5. The Morgan fingerprint density at radius 2 is 1.91 bits per heavy atom. The van der Waals surface area contributed by atoms with Crippen LogP contribution in [0.2, 0.25) is 0 Å². The van der Waals surface area contributed by atoms with Crippen LogP contribution in [0.4, 0.5) is 18.9 Å². The molecule has 0 radical (unpaired) electrons. The fourth-order valence-electron chi connectivity index (χ4n) is 2.39. The second kappa shape index (κ2) is 6.69. The topological polar surface area (TPSA) is 23.6 Å². The highest BCUT2D eigenvalue weighted by atomic mass is 19.4. The van der Waals surface area contributed by atoms with Crippen LogP contribution < -0.4 is 4.90 Å². The van der Waals surface area contributed by atoms with Crippen molar-refractivity contribution in [2.45, 2.75) is 25.4 Å². The largest absolute Gasteiger partial charge is 0.416 e. The minimum atomic E-state index is -4.40. The molecule has 0 atom stereocenters. The first-order valence-corrected chi connectivity index (χ1v) is 7.42. The summed E-state index contributed by atoms with van der Waals surface area (Å²) in [5.74, 6) is -0.107. The van der Waals surface area contributed by atoms with Crippen molar-refractivity contribution in [2.24, 2.45) is 5.92 Å². The lowest BCUT2D eigenvalue weighted by molar-refractivity contribution is -0.137. The third-order valence-electron chi connectivity index (χ3n) is 3.98. The third-order valence-corrected chi connectivity index (χ3v) is 3.98. The standard InChI is InChI=1S/C16H21F3N2O/c1-20(2)9-10-21(15(22)12-5-3-6-12)14-8-4-7-13(11-14)16(17,18)19/h4,7-8,11-12H,3,5-6,9-10H2,1-2H3. The number of alkyl halides is 3. The first-order chi connectivity index (χ1) is 10.3. The van der Waals surface area contributed by atoms with Crippen molar-refractivity contribution in [2.75, 3.05) is 32.1 Å². The molecule has 1 aromatic rings. The second-order valence-corrected chi connectivity index (χ2v) is 5.97. The molecule has 1 fully saturated rings. The molecule has 0 bridgehead atoms. The van der Waals surface area contributed by atoms with Gasteiger partial charge < -0.3 is 9.80 Å². The summed E-state index contributed by atoms with van der Waals surface area (Å²) in [5.41, 5.74) is -0.394. The maximum Gasteiger partial charge on any atom is 0.416 e. The molecule has 1 saturated carbocycles. The Hall–Kier alpha value is -1.56. The minimum Gasteiger partial charge on any atom is -0.311 e. The molecule has 122 valence electrons. The first kappa shape index (κ1) is 16.8. The normalized spacial score (nSPS) is 15.7. The highest BCUT2D eigenvalue weighted by Crippen LogP contribution is 2.34. The Labute approximate surface area is 128 Å². The van der Waals surface area contributed by atoms with Crippen LogP contribution in [0.25, 0.3) is 0 Å². The minimum absolute atomic E-state index is 0.0447. The van der Waals surface area contributed by atoms with Gasteiger partial charge in [0.15, 0.2) is 0 Å². The molecule has 0 saturated heterocycles. The molecule has 1 aliphatic rings. The summed E-state index contributed by atoms with van der Waals surface area (Å²) in [6.07, 6.45) is -1.73. The Balaban J connectivity index is 2.25. The van der Waals surface area contributed by atoms with Crippen LogP contribution in [-0.4, -0.2) is 38.0 Å². The Morgan fingerprint density at radius 3 is 2.41 bits per heavy atom. The SMILES string of the molecule is CN(C)CCN(C(=O)C1CCC1)c1cccc(C(F)(F)F)c1. The van der Waals surface area contributed by atoms with Gasteiger partial charge in [-0.15, -0.1) is 0 Å². The molecule has 22 heavy (non-hydrogen) atoms. The van der Waals surface area contributed by atoms with Crippen LogP contribution in [0.1, 0.15) is 24.8 Å². The van der Waals surface area contributed by atoms with E-state index in [2.05, 4.69) is 0 Å². The molecule has 1 amide bonds. The van der Waals surface area contributed by atoms with E-state index in [0.29, 0.717) is 18.8 Å². The van der Waals surface area contributed by atoms with Crippen LogP contribution in [0.3, 0.4) is 0 Å². The summed E-state index contributed by atoms with van der Waals surface area (Å²) >= 11 is 0. The van der Waals surface area contributed by atoms with Gasteiger partial charge in [-0.3, -0.25) is 4.79 Å². The van der Waals surface area contributed by atoms with Crippen molar-refractivity contribution < 1.29 is 18.0 Å². The summed E-state index contributed by atoms with van der Waals surface area (Å²) in [6.45, 7) is 0.998. The predicted octanol–water partition coefficient (Wildman–Crippen LogP) is 3.40. The second-order valence-electron chi connectivity index (χ2n) is 5.97. The van der Waals surface area contributed by atoms with Crippen molar-refractivity contribution >= 4 is 11.6 Å². The number of likely N-dealkylation sites (N-methyl/N-ethyl adjacent to an activating group) is 1. The average Bonchev–Trinajstić information content (AvgIpc) is 2.36. The Kier molecular flexibility index (Phi) is 5.11. The van der Waals surface area contributed by atoms with Gasteiger partial charge in [0.05, 0.1) is 5.56 Å². The zero-order valence-electron chi connectivity index (χ0n) is 12.9. The van der Waals surface area contributed by atoms with Gasteiger partial charge in [0.25, 0.3) is 0 Å². The number of carbonyl (C=O) groups is 1. The lowest BCUT2D eigenvalue weighted by Crippen LogP contribution is -2.42. The van der Waals surface area contributed by atoms with E-state index in [1.165, 1.54) is 11.0 Å². The molecular weight excluding hydrogens is 293 g/mol. The number of nitrogens with zero attached hydrogens (tertiary/aromatic N) is 2. The summed E-state index contributed by atoms with van der Waals surface area (Å²) in [4.78, 5) is 15.9. The van der Waals surface area contributed by atoms with Gasteiger partial charge in [0, 0.05) is 24.7 Å². The van der Waals surface area contributed by atoms with E-state index in [1.54, 1.807) is 6.07 Å². The molecule has 0 spiro atoms. The molecule has 6 heteroatoms. The van der Waals surface area contributed by atoms with E-state index in [-0.39, 0.29) is 11.8 Å². The van der Waals surface area contributed by atoms with Crippen LogP contribution in [0.5, 0.6) is 0 Å². The molecule has 1 aliphatic carbocycles. The van der Waals surface area contributed by atoms with Gasteiger partial charge >= 0.3 is 6.18 Å². The molecule has 0 aliphatic heterocycles. The van der Waals surface area contributed by atoms with E-state index in [9.17, 15) is 18.0 Å². The van der Waals surface area contributed by atoms with Gasteiger partial charge in [0.1, 0.15) is 0 Å². The quantitative estimate of drug-likeness (QED) is 0.831. The molecule has 0 aromatic heterocycles. The summed E-state index contributed by atoms with van der Waals surface area (Å²) < 4.78 is 38.6.